The van der Waals surface area contributed by atoms with Crippen LogP contribution >= 0.6 is 0 Å². The zero-order valence-corrected chi connectivity index (χ0v) is 24.1. The Morgan fingerprint density at radius 2 is 1.65 bits per heavy atom. The molecule has 226 valence electrons. The SMILES string of the molecule is CCOc1cc(C(Nc2ccc3cnccc3c2)(OC(=O)C(F)(F)F)C(=O)N[C@H](C)c2ccccc2)ccc1OC(C)C. The summed E-state index contributed by atoms with van der Waals surface area (Å²) in [6.07, 6.45) is -2.49. The van der Waals surface area contributed by atoms with Crippen LogP contribution in [0.3, 0.4) is 0 Å². The highest BCUT2D eigenvalue weighted by Crippen LogP contribution is 2.38. The molecule has 0 saturated carbocycles. The lowest BCUT2D eigenvalue weighted by atomic mass is 9.98. The molecular weight excluding hydrogens is 563 g/mol. The van der Waals surface area contributed by atoms with Gasteiger partial charge in [0.2, 0.25) is 0 Å². The number of halogens is 3. The molecule has 4 aromatic rings. The van der Waals surface area contributed by atoms with E-state index in [2.05, 4.69) is 15.6 Å². The molecule has 4 rings (SSSR count). The predicted octanol–water partition coefficient (Wildman–Crippen LogP) is 6.67. The lowest BCUT2D eigenvalue weighted by Crippen LogP contribution is -2.55. The summed E-state index contributed by atoms with van der Waals surface area (Å²) in [7, 11) is 0. The smallest absolute Gasteiger partial charge is 0.490 e. The molecule has 0 spiro atoms. The van der Waals surface area contributed by atoms with Crippen molar-refractivity contribution >= 4 is 28.3 Å². The quantitative estimate of drug-likeness (QED) is 0.148. The summed E-state index contributed by atoms with van der Waals surface area (Å²) in [6.45, 7) is 7.18. The number of hydrogen-bond acceptors (Lipinski definition) is 7. The number of carbonyl (C=O) groups excluding carboxylic acids is 2. The maximum absolute atomic E-state index is 14.2. The van der Waals surface area contributed by atoms with Crippen LogP contribution in [0, 0.1) is 0 Å². The topological polar surface area (TPSA) is 98.8 Å². The van der Waals surface area contributed by atoms with Crippen molar-refractivity contribution < 1.29 is 37.0 Å². The van der Waals surface area contributed by atoms with Gasteiger partial charge < -0.3 is 24.8 Å². The Bertz CT molecular complexity index is 1580. The van der Waals surface area contributed by atoms with E-state index >= 15 is 0 Å². The van der Waals surface area contributed by atoms with Gasteiger partial charge in [-0.15, -0.1) is 0 Å². The number of aromatic nitrogens is 1. The van der Waals surface area contributed by atoms with Crippen LogP contribution in [-0.2, 0) is 20.1 Å². The molecule has 0 fully saturated rings. The standard InChI is InChI=1S/C32H32F3N3O5/c1-5-41-28-18-25(12-14-27(28)42-20(2)3)31(43-30(40)32(33,34)35,29(39)37-21(4)22-9-7-6-8-10-22)38-26-13-11-24-19-36-16-15-23(24)17-26/h6-21,38H,5H2,1-4H3,(H,37,39)/t21-,31?/m1/s1. The van der Waals surface area contributed by atoms with Crippen molar-refractivity contribution in [1.29, 1.82) is 0 Å². The Morgan fingerprint density at radius 1 is 0.907 bits per heavy atom. The average molecular weight is 596 g/mol. The number of hydrogen-bond donors (Lipinski definition) is 2. The second-order valence-corrected chi connectivity index (χ2v) is 10.00. The third-order valence-corrected chi connectivity index (χ3v) is 6.42. The number of anilines is 1. The number of fused-ring (bicyclic) bond motifs is 1. The fourth-order valence-corrected chi connectivity index (χ4v) is 4.42. The molecule has 43 heavy (non-hydrogen) atoms. The van der Waals surface area contributed by atoms with Crippen molar-refractivity contribution in [1.82, 2.24) is 10.3 Å². The van der Waals surface area contributed by atoms with Gasteiger partial charge in [0.1, 0.15) is 0 Å². The Morgan fingerprint density at radius 3 is 2.33 bits per heavy atom. The maximum Gasteiger partial charge on any atom is 0.491 e. The number of amides is 1. The summed E-state index contributed by atoms with van der Waals surface area (Å²) in [4.78, 5) is 30.8. The fourth-order valence-electron chi connectivity index (χ4n) is 4.42. The molecule has 0 aliphatic heterocycles. The Hall–Kier alpha value is -4.80. The summed E-state index contributed by atoms with van der Waals surface area (Å²) < 4.78 is 58.0. The highest BCUT2D eigenvalue weighted by Gasteiger charge is 2.52. The molecule has 0 saturated heterocycles. The largest absolute Gasteiger partial charge is 0.491 e. The van der Waals surface area contributed by atoms with Gasteiger partial charge in [0.15, 0.2) is 11.5 Å². The van der Waals surface area contributed by atoms with Gasteiger partial charge in [-0.3, -0.25) is 9.78 Å². The van der Waals surface area contributed by atoms with Gasteiger partial charge in [-0.25, -0.2) is 4.79 Å². The normalized spacial score (nSPS) is 13.6. The number of rotatable bonds is 11. The monoisotopic (exact) mass is 595 g/mol. The van der Waals surface area contributed by atoms with Crippen LogP contribution in [0.1, 0.15) is 44.9 Å². The van der Waals surface area contributed by atoms with Crippen LogP contribution in [0.15, 0.2) is 85.2 Å². The van der Waals surface area contributed by atoms with Crippen LogP contribution in [0.5, 0.6) is 11.5 Å². The Kier molecular flexibility index (Phi) is 9.43. The zero-order chi connectivity index (χ0) is 31.2. The van der Waals surface area contributed by atoms with Crippen LogP contribution in [0.2, 0.25) is 0 Å². The van der Waals surface area contributed by atoms with E-state index in [1.807, 2.05) is 0 Å². The third kappa shape index (κ3) is 7.35. The first kappa shape index (κ1) is 31.1. The summed E-state index contributed by atoms with van der Waals surface area (Å²) in [5.41, 5.74) is -1.94. The summed E-state index contributed by atoms with van der Waals surface area (Å²) in [5, 5.41) is 6.98. The molecule has 2 N–H and O–H groups in total. The van der Waals surface area contributed by atoms with Crippen molar-refractivity contribution in [3.8, 4) is 11.5 Å². The highest BCUT2D eigenvalue weighted by atomic mass is 19.4. The van der Waals surface area contributed by atoms with Crippen molar-refractivity contribution in [2.24, 2.45) is 0 Å². The van der Waals surface area contributed by atoms with E-state index in [4.69, 9.17) is 14.2 Å². The van der Waals surface area contributed by atoms with Crippen molar-refractivity contribution in [3.63, 3.8) is 0 Å². The fraction of sp³-hybridized carbons (Fsp3) is 0.281. The molecule has 0 radical (unpaired) electrons. The molecule has 0 bridgehead atoms. The molecule has 0 aliphatic carbocycles. The van der Waals surface area contributed by atoms with Gasteiger partial charge in [0, 0.05) is 29.0 Å². The van der Waals surface area contributed by atoms with E-state index in [1.165, 1.54) is 18.2 Å². The number of carbonyl (C=O) groups is 2. The van der Waals surface area contributed by atoms with Crippen LogP contribution < -0.4 is 20.1 Å². The van der Waals surface area contributed by atoms with Crippen LogP contribution in [0.25, 0.3) is 10.8 Å². The van der Waals surface area contributed by atoms with Crippen molar-refractivity contribution in [2.75, 3.05) is 11.9 Å². The lowest BCUT2D eigenvalue weighted by molar-refractivity contribution is -0.213. The maximum atomic E-state index is 14.2. The lowest BCUT2D eigenvalue weighted by Gasteiger charge is -2.35. The number of pyridine rings is 1. The Balaban J connectivity index is 1.91. The summed E-state index contributed by atoms with van der Waals surface area (Å²) >= 11 is 0. The van der Waals surface area contributed by atoms with Gasteiger partial charge in [-0.2, -0.15) is 13.2 Å². The zero-order valence-electron chi connectivity index (χ0n) is 24.1. The molecule has 8 nitrogen and oxygen atoms in total. The number of esters is 1. The first-order chi connectivity index (χ1) is 20.4. The summed E-state index contributed by atoms with van der Waals surface area (Å²) in [5.74, 6) is -3.16. The minimum absolute atomic E-state index is 0.128. The van der Waals surface area contributed by atoms with Crippen LogP contribution in [0.4, 0.5) is 18.9 Å². The molecular formula is C32H32F3N3O5. The van der Waals surface area contributed by atoms with Crippen molar-refractivity contribution in [3.05, 3.63) is 96.3 Å². The van der Waals surface area contributed by atoms with Crippen LogP contribution in [-0.4, -0.2) is 35.7 Å². The van der Waals surface area contributed by atoms with E-state index in [1.54, 1.807) is 94.7 Å². The number of nitrogens with one attached hydrogen (secondary N) is 2. The number of ether oxygens (including phenoxy) is 3. The molecule has 3 aromatic carbocycles. The van der Waals surface area contributed by atoms with Gasteiger partial charge in [0.05, 0.1) is 18.8 Å². The van der Waals surface area contributed by atoms with E-state index in [9.17, 15) is 22.8 Å². The minimum atomic E-state index is -5.41. The molecule has 11 heteroatoms. The van der Waals surface area contributed by atoms with Crippen molar-refractivity contribution in [2.45, 2.75) is 51.7 Å². The molecule has 2 atom stereocenters. The van der Waals surface area contributed by atoms with Gasteiger partial charge in [-0.05, 0) is 75.0 Å². The molecule has 1 heterocycles. The van der Waals surface area contributed by atoms with E-state index in [0.717, 1.165) is 5.39 Å². The van der Waals surface area contributed by atoms with Gasteiger partial charge >= 0.3 is 12.1 Å². The van der Waals surface area contributed by atoms with E-state index in [0.29, 0.717) is 16.7 Å². The second kappa shape index (κ2) is 13.0. The first-order valence-electron chi connectivity index (χ1n) is 13.6. The second-order valence-electron chi connectivity index (χ2n) is 10.00. The van der Waals surface area contributed by atoms with E-state index in [-0.39, 0.29) is 29.7 Å². The van der Waals surface area contributed by atoms with Gasteiger partial charge in [0.25, 0.3) is 11.6 Å². The average Bonchev–Trinajstić information content (AvgIpc) is 2.97. The molecule has 1 aromatic heterocycles. The Labute approximate surface area is 247 Å². The highest BCUT2D eigenvalue weighted by molar-refractivity contribution is 5.94. The minimum Gasteiger partial charge on any atom is -0.490 e. The number of benzene rings is 3. The summed E-state index contributed by atoms with van der Waals surface area (Å²) in [6, 6.07) is 18.8. The number of nitrogens with zero attached hydrogens (tertiary/aromatic N) is 1. The van der Waals surface area contributed by atoms with Gasteiger partial charge in [-0.1, -0.05) is 36.4 Å². The molecule has 1 amide bonds. The van der Waals surface area contributed by atoms with E-state index < -0.39 is 29.8 Å². The third-order valence-electron chi connectivity index (χ3n) is 6.42. The molecule has 1 unspecified atom stereocenters. The first-order valence-corrected chi connectivity index (χ1v) is 13.6. The number of alkyl halides is 3. The predicted molar refractivity (Wildman–Crippen MR) is 156 cm³/mol. The molecule has 0 aliphatic rings.